The first-order valence-corrected chi connectivity index (χ1v) is 9.05. The molecule has 0 aliphatic rings. The predicted molar refractivity (Wildman–Crippen MR) is 118 cm³/mol. The van der Waals surface area contributed by atoms with Crippen molar-refractivity contribution in [2.45, 2.75) is 26.7 Å². The number of nitrogens with zero attached hydrogens (tertiary/aromatic N) is 1. The molecule has 1 aromatic carbocycles. The van der Waals surface area contributed by atoms with Crippen molar-refractivity contribution in [2.75, 3.05) is 53.2 Å². The average Bonchev–Trinajstić information content (AvgIpc) is 2.62. The van der Waals surface area contributed by atoms with Crippen LogP contribution in [0.5, 0.6) is 5.75 Å². The molecular weight excluding hydrogens is 445 g/mol. The Bertz CT molecular complexity index is 487. The van der Waals surface area contributed by atoms with Gasteiger partial charge in [-0.3, -0.25) is 4.99 Å². The average molecular weight is 479 g/mol. The van der Waals surface area contributed by atoms with Crippen molar-refractivity contribution in [1.29, 1.82) is 0 Å². The molecule has 0 saturated carbocycles. The highest BCUT2D eigenvalue weighted by Crippen LogP contribution is 2.16. The van der Waals surface area contributed by atoms with E-state index < -0.39 is 0 Å². The van der Waals surface area contributed by atoms with E-state index in [4.69, 9.17) is 14.2 Å². The lowest BCUT2D eigenvalue weighted by atomic mass is 10.2. The van der Waals surface area contributed by atoms with Crippen LogP contribution >= 0.6 is 24.0 Å². The van der Waals surface area contributed by atoms with Crippen LogP contribution in [0.1, 0.15) is 25.3 Å². The fourth-order valence-corrected chi connectivity index (χ4v) is 2.12. The van der Waals surface area contributed by atoms with Crippen molar-refractivity contribution in [3.05, 3.63) is 29.8 Å². The van der Waals surface area contributed by atoms with E-state index in [1.807, 2.05) is 18.2 Å². The molecule has 1 rings (SSSR count). The van der Waals surface area contributed by atoms with Crippen molar-refractivity contribution < 1.29 is 14.2 Å². The molecule has 2 N–H and O–H groups in total. The number of methoxy groups -OCH3 is 1. The Morgan fingerprint density at radius 2 is 1.85 bits per heavy atom. The van der Waals surface area contributed by atoms with Gasteiger partial charge >= 0.3 is 0 Å². The summed E-state index contributed by atoms with van der Waals surface area (Å²) >= 11 is 0. The molecule has 0 saturated heterocycles. The summed E-state index contributed by atoms with van der Waals surface area (Å²) in [6.07, 6.45) is 1.82. The SMILES string of the molecule is CCNC(=NCCCOc1ccccc1C)NCCCOCCOC.I. The molecule has 0 aromatic heterocycles. The second kappa shape index (κ2) is 17.4. The normalized spacial score (nSPS) is 11.0. The number of hydrogen-bond donors (Lipinski definition) is 2. The van der Waals surface area contributed by atoms with Crippen molar-refractivity contribution in [1.82, 2.24) is 10.6 Å². The molecule has 150 valence electrons. The van der Waals surface area contributed by atoms with Gasteiger partial charge in [-0.2, -0.15) is 0 Å². The molecule has 0 unspecified atom stereocenters. The second-order valence-electron chi connectivity index (χ2n) is 5.61. The summed E-state index contributed by atoms with van der Waals surface area (Å²) in [5.74, 6) is 1.79. The number of halogens is 1. The third-order valence-corrected chi connectivity index (χ3v) is 3.46. The lowest BCUT2D eigenvalue weighted by Crippen LogP contribution is -2.38. The van der Waals surface area contributed by atoms with Gasteiger partial charge in [-0.1, -0.05) is 18.2 Å². The fourth-order valence-electron chi connectivity index (χ4n) is 2.12. The van der Waals surface area contributed by atoms with Gasteiger partial charge in [-0.05, 0) is 31.9 Å². The molecule has 0 atom stereocenters. The second-order valence-corrected chi connectivity index (χ2v) is 5.61. The summed E-state index contributed by atoms with van der Waals surface area (Å²) in [6.45, 7) is 9.20. The number of aliphatic imine (C=N–C) groups is 1. The molecule has 0 amide bonds. The summed E-state index contributed by atoms with van der Waals surface area (Å²) in [4.78, 5) is 4.57. The molecule has 1 aromatic rings. The largest absolute Gasteiger partial charge is 0.493 e. The van der Waals surface area contributed by atoms with Crippen LogP contribution in [0.2, 0.25) is 0 Å². The smallest absolute Gasteiger partial charge is 0.191 e. The predicted octanol–water partition coefficient (Wildman–Crippen LogP) is 2.99. The first-order valence-electron chi connectivity index (χ1n) is 9.05. The Morgan fingerprint density at radius 1 is 1.04 bits per heavy atom. The third kappa shape index (κ3) is 12.3. The highest BCUT2D eigenvalue weighted by Gasteiger charge is 1.99. The van der Waals surface area contributed by atoms with Gasteiger partial charge in [0.1, 0.15) is 5.75 Å². The number of nitrogens with one attached hydrogen (secondary N) is 2. The monoisotopic (exact) mass is 479 g/mol. The first-order chi connectivity index (χ1) is 12.3. The topological polar surface area (TPSA) is 64.1 Å². The van der Waals surface area contributed by atoms with Crippen molar-refractivity contribution in [3.8, 4) is 5.75 Å². The van der Waals surface area contributed by atoms with Crippen LogP contribution in [-0.4, -0.2) is 59.1 Å². The zero-order valence-corrected chi connectivity index (χ0v) is 18.6. The lowest BCUT2D eigenvalue weighted by Gasteiger charge is -2.12. The summed E-state index contributed by atoms with van der Waals surface area (Å²) in [5.41, 5.74) is 1.16. The third-order valence-electron chi connectivity index (χ3n) is 3.46. The highest BCUT2D eigenvalue weighted by atomic mass is 127. The Balaban J connectivity index is 0.00000625. The van der Waals surface area contributed by atoms with Crippen LogP contribution in [0.4, 0.5) is 0 Å². The van der Waals surface area contributed by atoms with Crippen molar-refractivity contribution in [3.63, 3.8) is 0 Å². The van der Waals surface area contributed by atoms with Gasteiger partial charge in [0.25, 0.3) is 0 Å². The zero-order valence-electron chi connectivity index (χ0n) is 16.3. The van der Waals surface area contributed by atoms with E-state index in [2.05, 4.69) is 35.5 Å². The number of rotatable bonds is 13. The van der Waals surface area contributed by atoms with E-state index >= 15 is 0 Å². The maximum atomic E-state index is 5.79. The fraction of sp³-hybridized carbons (Fsp3) is 0.632. The molecule has 0 aliphatic heterocycles. The van der Waals surface area contributed by atoms with E-state index in [0.717, 1.165) is 56.4 Å². The number of ether oxygens (including phenoxy) is 3. The molecule has 6 nitrogen and oxygen atoms in total. The maximum Gasteiger partial charge on any atom is 0.191 e. The van der Waals surface area contributed by atoms with Crippen molar-refractivity contribution in [2.24, 2.45) is 4.99 Å². The minimum atomic E-state index is 0. The van der Waals surface area contributed by atoms with Gasteiger partial charge in [-0.25, -0.2) is 0 Å². The van der Waals surface area contributed by atoms with E-state index in [9.17, 15) is 0 Å². The summed E-state index contributed by atoms with van der Waals surface area (Å²) in [5, 5.41) is 6.56. The quantitative estimate of drug-likeness (QED) is 0.197. The molecule has 0 heterocycles. The van der Waals surface area contributed by atoms with Crippen LogP contribution in [0.15, 0.2) is 29.3 Å². The number of aryl methyl sites for hydroxylation is 1. The molecule has 0 radical (unpaired) electrons. The molecule has 0 spiro atoms. The zero-order chi connectivity index (χ0) is 18.2. The van der Waals surface area contributed by atoms with E-state index in [1.54, 1.807) is 7.11 Å². The maximum absolute atomic E-state index is 5.79. The molecule has 0 bridgehead atoms. The Labute approximate surface area is 175 Å². The first kappa shape index (κ1) is 24.9. The summed E-state index contributed by atoms with van der Waals surface area (Å²) in [6, 6.07) is 8.06. The number of guanidine groups is 1. The summed E-state index contributed by atoms with van der Waals surface area (Å²) < 4.78 is 16.2. The molecule has 7 heteroatoms. The Hall–Kier alpha value is -1.06. The lowest BCUT2D eigenvalue weighted by molar-refractivity contribution is 0.0698. The Kier molecular flexibility index (Phi) is 16.7. The van der Waals surface area contributed by atoms with Crippen LogP contribution in [0, 0.1) is 6.92 Å². The minimum absolute atomic E-state index is 0. The van der Waals surface area contributed by atoms with Gasteiger partial charge in [-0.15, -0.1) is 24.0 Å². The van der Waals surface area contributed by atoms with Gasteiger partial charge in [0.2, 0.25) is 0 Å². The van der Waals surface area contributed by atoms with E-state index in [-0.39, 0.29) is 24.0 Å². The van der Waals surface area contributed by atoms with Crippen molar-refractivity contribution >= 4 is 29.9 Å². The number of benzene rings is 1. The summed E-state index contributed by atoms with van der Waals surface area (Å²) in [7, 11) is 1.68. The molecule has 26 heavy (non-hydrogen) atoms. The van der Waals surface area contributed by atoms with Gasteiger partial charge in [0, 0.05) is 39.8 Å². The van der Waals surface area contributed by atoms with Crippen LogP contribution in [0.25, 0.3) is 0 Å². The molecular formula is C19H34IN3O3. The minimum Gasteiger partial charge on any atom is -0.493 e. The molecule has 0 fully saturated rings. The number of para-hydroxylation sites is 1. The van der Waals surface area contributed by atoms with Gasteiger partial charge in [0.05, 0.1) is 19.8 Å². The number of hydrogen-bond acceptors (Lipinski definition) is 4. The highest BCUT2D eigenvalue weighted by molar-refractivity contribution is 14.0. The van der Waals surface area contributed by atoms with Gasteiger partial charge in [0.15, 0.2) is 5.96 Å². The van der Waals surface area contributed by atoms with Crippen LogP contribution in [0.3, 0.4) is 0 Å². The van der Waals surface area contributed by atoms with E-state index in [1.165, 1.54) is 0 Å². The van der Waals surface area contributed by atoms with Gasteiger partial charge < -0.3 is 24.8 Å². The van der Waals surface area contributed by atoms with Crippen LogP contribution in [-0.2, 0) is 9.47 Å². The standard InChI is InChI=1S/C19H33N3O3.HI/c1-4-20-19(21-11-7-13-24-16-15-23-3)22-12-8-14-25-18-10-6-5-9-17(18)2;/h5-6,9-10H,4,7-8,11-16H2,1-3H3,(H2,20,21,22);1H. The van der Waals surface area contributed by atoms with Crippen LogP contribution < -0.4 is 15.4 Å². The van der Waals surface area contributed by atoms with E-state index in [0.29, 0.717) is 19.8 Å². The Morgan fingerprint density at radius 3 is 2.58 bits per heavy atom. The molecule has 0 aliphatic carbocycles.